The molecule has 0 bridgehead atoms. The summed E-state index contributed by atoms with van der Waals surface area (Å²) in [5.41, 5.74) is 4.66. The van der Waals surface area contributed by atoms with Crippen molar-refractivity contribution in [2.24, 2.45) is 0 Å². The van der Waals surface area contributed by atoms with Crippen molar-refractivity contribution in [2.75, 3.05) is 7.05 Å². The lowest BCUT2D eigenvalue weighted by molar-refractivity contribution is 0.315. The molecule has 0 amide bonds. The molecule has 3 nitrogen and oxygen atoms in total. The van der Waals surface area contributed by atoms with Gasteiger partial charge >= 0.3 is 0 Å². The highest BCUT2D eigenvalue weighted by Crippen LogP contribution is 2.23. The van der Waals surface area contributed by atoms with Gasteiger partial charge in [0.2, 0.25) is 0 Å². The molecule has 21 heavy (non-hydrogen) atoms. The van der Waals surface area contributed by atoms with Crippen molar-refractivity contribution in [3.63, 3.8) is 0 Å². The Labute approximate surface area is 136 Å². The van der Waals surface area contributed by atoms with Gasteiger partial charge in [-0.1, -0.05) is 0 Å². The molecule has 0 unspecified atom stereocenters. The summed E-state index contributed by atoms with van der Waals surface area (Å²) in [6.45, 7) is 11.7. The Kier molecular flexibility index (Phi) is 5.54. The van der Waals surface area contributed by atoms with Crippen LogP contribution in [0.15, 0.2) is 17.0 Å². The second-order valence-electron chi connectivity index (χ2n) is 6.55. The van der Waals surface area contributed by atoms with Crippen LogP contribution < -0.4 is 5.32 Å². The van der Waals surface area contributed by atoms with Crippen molar-refractivity contribution >= 4 is 22.7 Å². The van der Waals surface area contributed by atoms with E-state index in [0.29, 0.717) is 0 Å². The smallest absolute Gasteiger partial charge is 0.0795 e. The molecule has 0 spiro atoms. The minimum atomic E-state index is 0.166. The highest BCUT2D eigenvalue weighted by Gasteiger charge is 2.12. The zero-order valence-electron chi connectivity index (χ0n) is 13.6. The monoisotopic (exact) mass is 323 g/mol. The van der Waals surface area contributed by atoms with Gasteiger partial charge in [0.1, 0.15) is 0 Å². The molecule has 1 N–H and O–H groups in total. The maximum Gasteiger partial charge on any atom is 0.0795 e. The van der Waals surface area contributed by atoms with Crippen molar-refractivity contribution in [1.29, 1.82) is 0 Å². The Morgan fingerprint density at radius 2 is 2.05 bits per heavy atom. The third-order valence-electron chi connectivity index (χ3n) is 3.22. The first kappa shape index (κ1) is 16.6. The van der Waals surface area contributed by atoms with Gasteiger partial charge in [-0.3, -0.25) is 4.90 Å². The van der Waals surface area contributed by atoms with Crippen LogP contribution in [0.2, 0.25) is 0 Å². The Morgan fingerprint density at radius 1 is 1.29 bits per heavy atom. The van der Waals surface area contributed by atoms with Crippen LogP contribution in [0.4, 0.5) is 0 Å². The van der Waals surface area contributed by atoms with Gasteiger partial charge in [0.25, 0.3) is 0 Å². The van der Waals surface area contributed by atoms with Gasteiger partial charge in [0.15, 0.2) is 0 Å². The lowest BCUT2D eigenvalue weighted by Crippen LogP contribution is -2.34. The minimum absolute atomic E-state index is 0.166. The first-order chi connectivity index (χ1) is 9.83. The molecule has 0 aliphatic carbocycles. The highest BCUT2D eigenvalue weighted by molar-refractivity contribution is 7.12. The van der Waals surface area contributed by atoms with E-state index >= 15 is 0 Å². The maximum absolute atomic E-state index is 4.35. The second kappa shape index (κ2) is 7.01. The van der Waals surface area contributed by atoms with Gasteiger partial charge in [-0.2, -0.15) is 0 Å². The first-order valence-corrected chi connectivity index (χ1v) is 8.98. The molecule has 0 aliphatic heterocycles. The third kappa shape index (κ3) is 5.51. The number of aromatic nitrogens is 1. The van der Waals surface area contributed by atoms with E-state index in [9.17, 15) is 0 Å². The molecule has 2 heterocycles. The number of hydrogen-bond acceptors (Lipinski definition) is 5. The van der Waals surface area contributed by atoms with Crippen molar-refractivity contribution in [3.8, 4) is 0 Å². The van der Waals surface area contributed by atoms with Gasteiger partial charge in [-0.25, -0.2) is 4.98 Å². The van der Waals surface area contributed by atoms with Crippen LogP contribution in [0.3, 0.4) is 0 Å². The van der Waals surface area contributed by atoms with Crippen LogP contribution in [0.1, 0.15) is 41.8 Å². The number of nitrogens with one attached hydrogen (secondary N) is 1. The summed E-state index contributed by atoms with van der Waals surface area (Å²) in [6, 6.07) is 2.34. The number of thiazole rings is 1. The van der Waals surface area contributed by atoms with Crippen LogP contribution in [0, 0.1) is 6.92 Å². The van der Waals surface area contributed by atoms with E-state index in [1.807, 2.05) is 16.8 Å². The van der Waals surface area contributed by atoms with Crippen LogP contribution in [-0.2, 0) is 19.6 Å². The van der Waals surface area contributed by atoms with E-state index in [4.69, 9.17) is 0 Å². The van der Waals surface area contributed by atoms with Crippen LogP contribution >= 0.6 is 22.7 Å². The van der Waals surface area contributed by atoms with Gasteiger partial charge < -0.3 is 5.32 Å². The number of aryl methyl sites for hydroxylation is 1. The topological polar surface area (TPSA) is 28.2 Å². The summed E-state index contributed by atoms with van der Waals surface area (Å²) in [4.78, 5) is 9.51. The van der Waals surface area contributed by atoms with Gasteiger partial charge in [-0.05, 0) is 46.4 Å². The molecule has 0 aliphatic rings. The molecule has 2 aromatic heterocycles. The van der Waals surface area contributed by atoms with Crippen LogP contribution in [0.5, 0.6) is 0 Å². The zero-order valence-corrected chi connectivity index (χ0v) is 15.2. The summed E-state index contributed by atoms with van der Waals surface area (Å²) in [5, 5.41) is 5.68. The summed E-state index contributed by atoms with van der Waals surface area (Å²) in [6.07, 6.45) is 0. The molecule has 0 saturated carbocycles. The van der Waals surface area contributed by atoms with E-state index in [-0.39, 0.29) is 5.54 Å². The molecule has 2 aromatic rings. The Hall–Kier alpha value is -0.750. The van der Waals surface area contributed by atoms with Crippen molar-refractivity contribution in [3.05, 3.63) is 38.0 Å². The summed E-state index contributed by atoms with van der Waals surface area (Å²) in [7, 11) is 2.16. The van der Waals surface area contributed by atoms with E-state index in [1.165, 1.54) is 15.3 Å². The first-order valence-electron chi connectivity index (χ1n) is 7.22. The molecule has 0 atom stereocenters. The molecular weight excluding hydrogens is 298 g/mol. The van der Waals surface area contributed by atoms with E-state index in [0.717, 1.165) is 25.3 Å². The maximum atomic E-state index is 4.35. The Morgan fingerprint density at radius 3 is 2.67 bits per heavy atom. The second-order valence-corrected chi connectivity index (χ2v) is 8.61. The summed E-state index contributed by atoms with van der Waals surface area (Å²) < 4.78 is 0. The van der Waals surface area contributed by atoms with Crippen molar-refractivity contribution < 1.29 is 0 Å². The number of rotatable bonds is 6. The Balaban J connectivity index is 1.92. The normalized spacial score (nSPS) is 12.3. The molecular formula is C16H25N3S2. The standard InChI is InChI=1S/C16H25N3S2/c1-12-13(6-15(21-12)7-18-16(2,3)4)8-19(5)9-14-10-20-11-17-14/h6,10-11,18H,7-9H2,1-5H3. The lowest BCUT2D eigenvalue weighted by Gasteiger charge is -2.19. The van der Waals surface area contributed by atoms with Crippen LogP contribution in [-0.4, -0.2) is 22.5 Å². The molecule has 0 fully saturated rings. The molecule has 5 heteroatoms. The fraction of sp³-hybridized carbons (Fsp3) is 0.562. The number of thiophene rings is 1. The quantitative estimate of drug-likeness (QED) is 0.870. The third-order valence-corrected chi connectivity index (χ3v) is 4.95. The number of nitrogens with zero attached hydrogens (tertiary/aromatic N) is 2. The predicted octanol–water partition coefficient (Wildman–Crippen LogP) is 4.03. The predicted molar refractivity (Wildman–Crippen MR) is 92.9 cm³/mol. The van der Waals surface area contributed by atoms with Gasteiger partial charge in [0.05, 0.1) is 11.2 Å². The van der Waals surface area contributed by atoms with E-state index < -0.39 is 0 Å². The van der Waals surface area contributed by atoms with E-state index in [1.54, 1.807) is 11.3 Å². The zero-order chi connectivity index (χ0) is 15.5. The average Bonchev–Trinajstić information content (AvgIpc) is 2.97. The fourth-order valence-electron chi connectivity index (χ4n) is 2.12. The number of hydrogen-bond donors (Lipinski definition) is 1. The summed E-state index contributed by atoms with van der Waals surface area (Å²) in [5.74, 6) is 0. The van der Waals surface area contributed by atoms with E-state index in [2.05, 4.69) is 61.4 Å². The molecule has 0 aromatic carbocycles. The molecule has 116 valence electrons. The highest BCUT2D eigenvalue weighted by atomic mass is 32.1. The molecule has 0 radical (unpaired) electrons. The lowest BCUT2D eigenvalue weighted by atomic mass is 10.1. The summed E-state index contributed by atoms with van der Waals surface area (Å²) >= 11 is 3.56. The average molecular weight is 324 g/mol. The molecule has 0 saturated heterocycles. The molecule has 2 rings (SSSR count). The van der Waals surface area contributed by atoms with Crippen molar-refractivity contribution in [1.82, 2.24) is 15.2 Å². The van der Waals surface area contributed by atoms with Crippen LogP contribution in [0.25, 0.3) is 0 Å². The minimum Gasteiger partial charge on any atom is -0.307 e. The van der Waals surface area contributed by atoms with Gasteiger partial charge in [-0.15, -0.1) is 22.7 Å². The van der Waals surface area contributed by atoms with Gasteiger partial charge in [0, 0.05) is 40.3 Å². The largest absolute Gasteiger partial charge is 0.307 e. The SMILES string of the molecule is Cc1sc(CNC(C)(C)C)cc1CN(C)Cc1cscn1. The van der Waals surface area contributed by atoms with Crippen molar-refractivity contribution in [2.45, 2.75) is 52.9 Å². The fourth-order valence-corrected chi connectivity index (χ4v) is 3.67. The Bertz CT molecular complexity index is 553.